The minimum Gasteiger partial charge on any atom is -0.371 e. The Bertz CT molecular complexity index is 1230. The predicted molar refractivity (Wildman–Crippen MR) is 141 cm³/mol. The van der Waals surface area contributed by atoms with E-state index < -0.39 is 0 Å². The molecule has 0 saturated carbocycles. The number of nitrogens with one attached hydrogen (secondary N) is 1. The predicted octanol–water partition coefficient (Wildman–Crippen LogP) is 3.14. The number of piperidine rings is 1. The van der Waals surface area contributed by atoms with Crippen LogP contribution in [0.5, 0.6) is 0 Å². The first-order valence-corrected chi connectivity index (χ1v) is 13.0. The number of rotatable bonds is 5. The molecule has 1 spiro atoms. The highest BCUT2D eigenvalue weighted by molar-refractivity contribution is 6.06. The van der Waals surface area contributed by atoms with Crippen molar-refractivity contribution >= 4 is 34.7 Å². The summed E-state index contributed by atoms with van der Waals surface area (Å²) in [6.45, 7) is 8.77. The number of carbonyl (C=O) groups is 2. The first-order chi connectivity index (χ1) is 17.8. The molecule has 10 nitrogen and oxygen atoms in total. The molecule has 4 aliphatic heterocycles. The number of benzene rings is 2. The van der Waals surface area contributed by atoms with E-state index in [-0.39, 0.29) is 22.5 Å². The number of nitrogens with zero attached hydrogens (tertiary/aromatic N) is 5. The third kappa shape index (κ3) is 4.39. The Labute approximate surface area is 216 Å². The summed E-state index contributed by atoms with van der Waals surface area (Å²) in [6.07, 6.45) is 2.65. The van der Waals surface area contributed by atoms with Crippen LogP contribution in [-0.4, -0.2) is 73.6 Å². The van der Waals surface area contributed by atoms with Crippen LogP contribution in [0.3, 0.4) is 0 Å². The van der Waals surface area contributed by atoms with E-state index in [4.69, 9.17) is 0 Å². The number of amides is 3. The molecule has 1 N–H and O–H groups in total. The van der Waals surface area contributed by atoms with E-state index in [1.54, 1.807) is 17.0 Å². The van der Waals surface area contributed by atoms with Gasteiger partial charge in [0.05, 0.1) is 4.92 Å². The summed E-state index contributed by atoms with van der Waals surface area (Å²) in [5.74, 6) is -0.218. The fourth-order valence-electron chi connectivity index (χ4n) is 6.24. The quantitative estimate of drug-likeness (QED) is 0.493. The van der Waals surface area contributed by atoms with Crippen molar-refractivity contribution in [2.75, 3.05) is 60.5 Å². The van der Waals surface area contributed by atoms with Gasteiger partial charge in [0.1, 0.15) is 0 Å². The first-order valence-electron chi connectivity index (χ1n) is 13.0. The molecule has 0 aliphatic carbocycles. The van der Waals surface area contributed by atoms with Gasteiger partial charge in [0.15, 0.2) is 0 Å². The maximum Gasteiger partial charge on any atom is 0.328 e. The fraction of sp³-hybridized carbons (Fsp3) is 0.481. The second-order valence-corrected chi connectivity index (χ2v) is 11.0. The molecule has 0 radical (unpaired) electrons. The van der Waals surface area contributed by atoms with Crippen LogP contribution in [0.4, 0.5) is 27.5 Å². The molecular formula is C27H32N6O4. The number of aryl methyl sites for hydroxylation is 1. The van der Waals surface area contributed by atoms with Gasteiger partial charge in [0, 0.05) is 87.5 Å². The molecule has 2 aromatic rings. The van der Waals surface area contributed by atoms with Crippen molar-refractivity contribution in [2.45, 2.75) is 32.2 Å². The molecule has 4 heterocycles. The summed E-state index contributed by atoms with van der Waals surface area (Å²) in [6, 6.07) is 13.4. The summed E-state index contributed by atoms with van der Waals surface area (Å²) < 4.78 is 0. The molecule has 10 heteroatoms. The van der Waals surface area contributed by atoms with Crippen molar-refractivity contribution in [3.05, 3.63) is 58.1 Å². The monoisotopic (exact) mass is 504 g/mol. The van der Waals surface area contributed by atoms with Gasteiger partial charge in [-0.25, -0.2) is 4.79 Å². The molecule has 4 saturated heterocycles. The van der Waals surface area contributed by atoms with Crippen molar-refractivity contribution in [2.24, 2.45) is 5.41 Å². The van der Waals surface area contributed by atoms with Gasteiger partial charge in [0.25, 0.3) is 5.69 Å². The largest absolute Gasteiger partial charge is 0.371 e. The molecule has 4 fully saturated rings. The van der Waals surface area contributed by atoms with E-state index in [1.807, 2.05) is 25.1 Å². The number of anilines is 3. The number of nitro groups is 1. The zero-order chi connectivity index (χ0) is 25.7. The first kappa shape index (κ1) is 23.7. The lowest BCUT2D eigenvalue weighted by atomic mass is 9.71. The van der Waals surface area contributed by atoms with Gasteiger partial charge in [-0.05, 0) is 61.1 Å². The Balaban J connectivity index is 0.983. The summed E-state index contributed by atoms with van der Waals surface area (Å²) in [4.78, 5) is 43.2. The average molecular weight is 505 g/mol. The molecule has 4 aliphatic rings. The van der Waals surface area contributed by atoms with E-state index in [1.165, 1.54) is 5.69 Å². The van der Waals surface area contributed by atoms with E-state index in [0.29, 0.717) is 24.4 Å². The number of urea groups is 1. The van der Waals surface area contributed by atoms with Crippen molar-refractivity contribution < 1.29 is 14.5 Å². The van der Waals surface area contributed by atoms with E-state index in [2.05, 4.69) is 32.1 Å². The topological polar surface area (TPSA) is 102 Å². The average Bonchev–Trinajstić information content (AvgIpc) is 2.83. The highest BCUT2D eigenvalue weighted by Gasteiger charge is 2.49. The highest BCUT2D eigenvalue weighted by atomic mass is 16.6. The van der Waals surface area contributed by atoms with Gasteiger partial charge in [-0.2, -0.15) is 0 Å². The van der Waals surface area contributed by atoms with Gasteiger partial charge in [-0.1, -0.05) is 0 Å². The summed E-state index contributed by atoms with van der Waals surface area (Å²) in [5.41, 5.74) is 4.69. The molecule has 0 bridgehead atoms. The Hall–Kier alpha value is -3.66. The molecule has 0 unspecified atom stereocenters. The number of nitro benzene ring substituents is 1. The minimum absolute atomic E-state index is 0.139. The normalized spacial score (nSPS) is 22.0. The summed E-state index contributed by atoms with van der Waals surface area (Å²) >= 11 is 0. The molecule has 0 atom stereocenters. The SMILES string of the molecule is Cc1cc(N2CC(N3CC4(CCN(c5ccc([N+](=O)[O-])cc5)CC4)C3)C2)ccc1N1CCC(=O)NC1=O. The van der Waals surface area contributed by atoms with Crippen molar-refractivity contribution in [1.82, 2.24) is 10.2 Å². The smallest absolute Gasteiger partial charge is 0.328 e. The summed E-state index contributed by atoms with van der Waals surface area (Å²) in [5, 5.41) is 13.3. The van der Waals surface area contributed by atoms with Crippen LogP contribution in [0.25, 0.3) is 0 Å². The molecule has 2 aromatic carbocycles. The second-order valence-electron chi connectivity index (χ2n) is 11.0. The molecular weight excluding hydrogens is 472 g/mol. The van der Waals surface area contributed by atoms with Gasteiger partial charge in [0.2, 0.25) is 5.91 Å². The van der Waals surface area contributed by atoms with E-state index in [0.717, 1.165) is 69.0 Å². The van der Waals surface area contributed by atoms with Crippen LogP contribution in [0.15, 0.2) is 42.5 Å². The van der Waals surface area contributed by atoms with Crippen LogP contribution < -0.4 is 20.0 Å². The van der Waals surface area contributed by atoms with Gasteiger partial charge in [-0.15, -0.1) is 0 Å². The van der Waals surface area contributed by atoms with Crippen molar-refractivity contribution in [1.29, 1.82) is 0 Å². The number of likely N-dealkylation sites (tertiary alicyclic amines) is 1. The fourth-order valence-corrected chi connectivity index (χ4v) is 6.24. The molecule has 6 rings (SSSR count). The zero-order valence-corrected chi connectivity index (χ0v) is 21.1. The molecule has 37 heavy (non-hydrogen) atoms. The Morgan fingerprint density at radius 1 is 0.946 bits per heavy atom. The van der Waals surface area contributed by atoms with Gasteiger partial charge in [-0.3, -0.25) is 30.0 Å². The van der Waals surface area contributed by atoms with Crippen LogP contribution in [0.1, 0.15) is 24.8 Å². The second kappa shape index (κ2) is 9.02. The number of imide groups is 1. The Morgan fingerprint density at radius 3 is 2.24 bits per heavy atom. The number of non-ortho nitro benzene ring substituents is 1. The Kier molecular flexibility index (Phi) is 5.78. The van der Waals surface area contributed by atoms with Crippen molar-refractivity contribution in [3.63, 3.8) is 0 Å². The number of carbonyl (C=O) groups excluding carboxylic acids is 2. The number of hydrogen-bond acceptors (Lipinski definition) is 7. The van der Waals surface area contributed by atoms with Gasteiger partial charge >= 0.3 is 6.03 Å². The van der Waals surface area contributed by atoms with Gasteiger partial charge < -0.3 is 9.80 Å². The third-order valence-corrected chi connectivity index (χ3v) is 8.60. The van der Waals surface area contributed by atoms with Crippen LogP contribution in [0.2, 0.25) is 0 Å². The van der Waals surface area contributed by atoms with Crippen LogP contribution >= 0.6 is 0 Å². The highest BCUT2D eigenvalue weighted by Crippen LogP contribution is 2.44. The maximum atomic E-state index is 12.2. The van der Waals surface area contributed by atoms with E-state index >= 15 is 0 Å². The standard InChI is InChI=1S/C27H32N6O4/c1-19-14-22(6-7-24(19)32-11-8-25(34)28-26(32)35)30-15-23(16-30)31-17-27(18-31)9-12-29(13-10-27)20-2-4-21(5-3-20)33(36)37/h2-7,14,23H,8-13,15-18H2,1H3,(H,28,34,35). The molecule has 3 amide bonds. The minimum atomic E-state index is -0.352. The molecule has 0 aromatic heterocycles. The summed E-state index contributed by atoms with van der Waals surface area (Å²) in [7, 11) is 0. The van der Waals surface area contributed by atoms with Crippen LogP contribution in [-0.2, 0) is 4.79 Å². The number of hydrogen-bond donors (Lipinski definition) is 1. The lowest BCUT2D eigenvalue weighted by Gasteiger charge is -2.60. The lowest BCUT2D eigenvalue weighted by Crippen LogP contribution is -2.70. The zero-order valence-electron chi connectivity index (χ0n) is 21.1. The van der Waals surface area contributed by atoms with E-state index in [9.17, 15) is 19.7 Å². The van der Waals surface area contributed by atoms with Crippen LogP contribution in [0, 0.1) is 22.5 Å². The van der Waals surface area contributed by atoms with Crippen molar-refractivity contribution in [3.8, 4) is 0 Å². The third-order valence-electron chi connectivity index (χ3n) is 8.60. The maximum absolute atomic E-state index is 12.2. The molecule has 194 valence electrons. The Morgan fingerprint density at radius 2 is 1.62 bits per heavy atom. The lowest BCUT2D eigenvalue weighted by molar-refractivity contribution is -0.384.